The summed E-state index contributed by atoms with van der Waals surface area (Å²) >= 11 is 0. The van der Waals surface area contributed by atoms with Crippen LogP contribution < -0.4 is 4.74 Å². The Hall–Kier alpha value is -3.71. The molecule has 1 heterocycles. The zero-order chi connectivity index (χ0) is 24.4. The van der Waals surface area contributed by atoms with Crippen LogP contribution in [0.25, 0.3) is 16.5 Å². The third-order valence-corrected chi connectivity index (χ3v) is 6.05. The lowest BCUT2D eigenvalue weighted by Crippen LogP contribution is -2.32. The van der Waals surface area contributed by atoms with Crippen molar-refractivity contribution in [3.8, 4) is 5.75 Å². The molecule has 0 aromatic heterocycles. The third-order valence-electron chi connectivity index (χ3n) is 6.05. The molecule has 7 heteroatoms. The molecule has 3 aromatic carbocycles. The van der Waals surface area contributed by atoms with E-state index in [2.05, 4.69) is 0 Å². The van der Waals surface area contributed by atoms with E-state index in [0.717, 1.165) is 17.3 Å². The lowest BCUT2D eigenvalue weighted by molar-refractivity contribution is -0.139. The Balaban J connectivity index is 1.80. The van der Waals surface area contributed by atoms with Gasteiger partial charge >= 0.3 is 0 Å². The van der Waals surface area contributed by atoms with Crippen LogP contribution in [0.2, 0.25) is 0 Å². The fourth-order valence-electron chi connectivity index (χ4n) is 4.31. The highest BCUT2D eigenvalue weighted by molar-refractivity contribution is 6.46. The summed E-state index contributed by atoms with van der Waals surface area (Å²) in [5, 5.41) is 13.0. The number of hydrogen-bond acceptors (Lipinski definition) is 5. The van der Waals surface area contributed by atoms with E-state index >= 15 is 0 Å². The summed E-state index contributed by atoms with van der Waals surface area (Å²) in [6.07, 6.45) is 0.648. The van der Waals surface area contributed by atoms with E-state index in [1.807, 2.05) is 43.3 Å². The molecule has 34 heavy (non-hydrogen) atoms. The minimum atomic E-state index is -0.797. The summed E-state index contributed by atoms with van der Waals surface area (Å²) in [6, 6.07) is 15.7. The molecule has 6 nitrogen and oxygen atoms in total. The van der Waals surface area contributed by atoms with Gasteiger partial charge in [0.15, 0.2) is 0 Å². The number of aliphatic hydroxyl groups is 1. The number of fused-ring (bicyclic) bond motifs is 1. The molecular weight excluding hydrogens is 435 g/mol. The van der Waals surface area contributed by atoms with Gasteiger partial charge in [0.1, 0.15) is 17.3 Å². The van der Waals surface area contributed by atoms with E-state index in [1.165, 1.54) is 17.0 Å². The van der Waals surface area contributed by atoms with Crippen LogP contribution in [0.4, 0.5) is 4.39 Å². The number of ether oxygens (including phenoxy) is 1. The number of nitrogens with zero attached hydrogens (tertiary/aromatic N) is 2. The van der Waals surface area contributed by atoms with Crippen molar-refractivity contribution in [1.29, 1.82) is 0 Å². The summed E-state index contributed by atoms with van der Waals surface area (Å²) in [7, 11) is 5.45. The van der Waals surface area contributed by atoms with Gasteiger partial charge in [-0.2, -0.15) is 0 Å². The molecule has 1 atom stereocenters. The molecule has 1 unspecified atom stereocenters. The molecule has 0 radical (unpaired) electrons. The predicted octanol–water partition coefficient (Wildman–Crippen LogP) is 4.36. The number of ketones is 1. The summed E-state index contributed by atoms with van der Waals surface area (Å²) < 4.78 is 18.9. The van der Waals surface area contributed by atoms with Gasteiger partial charge in [0.05, 0.1) is 18.7 Å². The van der Waals surface area contributed by atoms with Gasteiger partial charge in [-0.1, -0.05) is 30.3 Å². The third kappa shape index (κ3) is 4.52. The molecule has 4 rings (SSSR count). The number of Topliss-reactive ketones (excluding diaryl/α,β-unsaturated/α-hetero) is 1. The van der Waals surface area contributed by atoms with Gasteiger partial charge in [-0.05, 0) is 73.7 Å². The quantitative estimate of drug-likeness (QED) is 0.321. The maximum atomic E-state index is 13.6. The van der Waals surface area contributed by atoms with Crippen molar-refractivity contribution >= 4 is 28.2 Å². The molecule has 1 amide bonds. The van der Waals surface area contributed by atoms with Gasteiger partial charge in [-0.15, -0.1) is 0 Å². The number of carbonyl (C=O) groups is 2. The number of carbonyl (C=O) groups excluding carboxylic acids is 2. The molecule has 0 aliphatic carbocycles. The molecular formula is C27H27FN2O4. The predicted molar refractivity (Wildman–Crippen MR) is 129 cm³/mol. The number of benzene rings is 3. The Morgan fingerprint density at radius 2 is 1.71 bits per heavy atom. The van der Waals surface area contributed by atoms with Gasteiger partial charge in [-0.25, -0.2) is 4.39 Å². The van der Waals surface area contributed by atoms with Crippen LogP contribution >= 0.6 is 0 Å². The summed E-state index contributed by atoms with van der Waals surface area (Å²) in [4.78, 5) is 29.6. The lowest BCUT2D eigenvalue weighted by atomic mass is 9.94. The van der Waals surface area contributed by atoms with Crippen LogP contribution in [0, 0.1) is 5.82 Å². The first-order valence-electron chi connectivity index (χ1n) is 11.1. The van der Waals surface area contributed by atoms with Crippen molar-refractivity contribution < 1.29 is 23.8 Å². The monoisotopic (exact) mass is 462 g/mol. The lowest BCUT2D eigenvalue weighted by Gasteiger charge is -2.26. The molecule has 0 spiro atoms. The van der Waals surface area contributed by atoms with E-state index in [0.29, 0.717) is 29.8 Å². The van der Waals surface area contributed by atoms with E-state index in [-0.39, 0.29) is 11.3 Å². The van der Waals surface area contributed by atoms with Gasteiger partial charge in [0, 0.05) is 12.1 Å². The number of amides is 1. The average Bonchev–Trinajstić information content (AvgIpc) is 3.08. The Kier molecular flexibility index (Phi) is 6.65. The van der Waals surface area contributed by atoms with E-state index < -0.39 is 23.5 Å². The highest BCUT2D eigenvalue weighted by Gasteiger charge is 2.45. The molecule has 0 bridgehead atoms. The van der Waals surface area contributed by atoms with Crippen molar-refractivity contribution in [3.63, 3.8) is 0 Å². The smallest absolute Gasteiger partial charge is 0.295 e. The largest absolute Gasteiger partial charge is 0.507 e. The number of halogens is 1. The van der Waals surface area contributed by atoms with Crippen molar-refractivity contribution in [2.75, 3.05) is 34.3 Å². The second-order valence-electron chi connectivity index (χ2n) is 8.63. The van der Waals surface area contributed by atoms with E-state index in [1.54, 1.807) is 31.4 Å². The SMILES string of the molecule is COc1ccc2cc(/C(O)=C3\C(=O)C(=O)N(CCCN(C)C)C3c3ccc(F)cc3)ccc2c1. The topological polar surface area (TPSA) is 70.1 Å². The van der Waals surface area contributed by atoms with Gasteiger partial charge in [0.25, 0.3) is 11.7 Å². The Bertz CT molecular complexity index is 1270. The van der Waals surface area contributed by atoms with Crippen LogP contribution in [0.3, 0.4) is 0 Å². The Labute approximate surface area is 197 Å². The standard InChI is InChI=1S/C27H27FN2O4/c1-29(2)13-4-14-30-24(17-7-10-21(28)11-8-17)23(26(32)27(30)33)25(31)20-6-5-19-16-22(34-3)12-9-18(19)15-20/h5-12,15-16,24,31H,4,13-14H2,1-3H3/b25-23+. The molecule has 1 saturated heterocycles. The number of aliphatic hydroxyl groups excluding tert-OH is 1. The van der Waals surface area contributed by atoms with E-state index in [9.17, 15) is 19.1 Å². The highest BCUT2D eigenvalue weighted by atomic mass is 19.1. The van der Waals surface area contributed by atoms with E-state index in [4.69, 9.17) is 4.74 Å². The molecule has 1 fully saturated rings. The first-order chi connectivity index (χ1) is 16.3. The van der Waals surface area contributed by atoms with Gasteiger partial charge in [-0.3, -0.25) is 9.59 Å². The van der Waals surface area contributed by atoms with Crippen LogP contribution in [-0.2, 0) is 9.59 Å². The van der Waals surface area contributed by atoms with Crippen LogP contribution in [0.15, 0.2) is 66.2 Å². The summed E-state index contributed by atoms with van der Waals surface area (Å²) in [6.45, 7) is 1.06. The number of hydrogen-bond donors (Lipinski definition) is 1. The van der Waals surface area contributed by atoms with Crippen molar-refractivity contribution in [2.45, 2.75) is 12.5 Å². The maximum Gasteiger partial charge on any atom is 0.295 e. The minimum Gasteiger partial charge on any atom is -0.507 e. The molecule has 1 aliphatic heterocycles. The Morgan fingerprint density at radius 1 is 1.03 bits per heavy atom. The zero-order valence-electron chi connectivity index (χ0n) is 19.4. The molecule has 0 saturated carbocycles. The van der Waals surface area contributed by atoms with Crippen molar-refractivity contribution in [2.24, 2.45) is 0 Å². The molecule has 176 valence electrons. The second kappa shape index (κ2) is 9.65. The van der Waals surface area contributed by atoms with Gasteiger partial charge in [0.2, 0.25) is 0 Å². The van der Waals surface area contributed by atoms with Crippen LogP contribution in [0.1, 0.15) is 23.6 Å². The normalized spacial score (nSPS) is 17.7. The first-order valence-corrected chi connectivity index (χ1v) is 11.1. The fourth-order valence-corrected chi connectivity index (χ4v) is 4.31. The van der Waals surface area contributed by atoms with Gasteiger partial charge < -0.3 is 19.6 Å². The highest BCUT2D eigenvalue weighted by Crippen LogP contribution is 2.40. The fraction of sp³-hybridized carbons (Fsp3) is 0.259. The average molecular weight is 463 g/mol. The van der Waals surface area contributed by atoms with Crippen molar-refractivity contribution in [1.82, 2.24) is 9.80 Å². The number of methoxy groups -OCH3 is 1. The van der Waals surface area contributed by atoms with Crippen LogP contribution in [-0.4, -0.2) is 60.9 Å². The molecule has 3 aromatic rings. The zero-order valence-corrected chi connectivity index (χ0v) is 19.4. The first kappa shape index (κ1) is 23.4. The number of likely N-dealkylation sites (tertiary alicyclic amines) is 1. The Morgan fingerprint density at radius 3 is 2.38 bits per heavy atom. The minimum absolute atomic E-state index is 0.00863. The van der Waals surface area contributed by atoms with Crippen molar-refractivity contribution in [3.05, 3.63) is 83.2 Å². The molecule has 1 aliphatic rings. The molecule has 1 N–H and O–H groups in total. The summed E-state index contributed by atoms with van der Waals surface area (Å²) in [5.74, 6) is -1.37. The second-order valence-corrected chi connectivity index (χ2v) is 8.63. The number of rotatable bonds is 7. The summed E-state index contributed by atoms with van der Waals surface area (Å²) in [5.41, 5.74) is 1.00. The van der Waals surface area contributed by atoms with Crippen LogP contribution in [0.5, 0.6) is 5.75 Å². The maximum absolute atomic E-state index is 13.6.